The predicted octanol–water partition coefficient (Wildman–Crippen LogP) is 3.54. The van der Waals surface area contributed by atoms with E-state index in [2.05, 4.69) is 37.9 Å². The fraction of sp³-hybridized carbons (Fsp3) is 0.364. The summed E-state index contributed by atoms with van der Waals surface area (Å²) in [5.74, 6) is 3.06. The monoisotopic (exact) mass is 176 g/mol. The van der Waals surface area contributed by atoms with Crippen LogP contribution in [-0.2, 0) is 0 Å². The van der Waals surface area contributed by atoms with E-state index in [0.717, 1.165) is 5.92 Å². The van der Waals surface area contributed by atoms with Crippen molar-refractivity contribution in [2.45, 2.75) is 20.3 Å². The Balaban J connectivity index is 2.37. The van der Waals surface area contributed by atoms with Crippen LogP contribution in [0.25, 0.3) is 0 Å². The van der Waals surface area contributed by atoms with E-state index in [1.54, 1.807) is 5.31 Å². The van der Waals surface area contributed by atoms with Crippen molar-refractivity contribution in [2.24, 2.45) is 5.92 Å². The van der Waals surface area contributed by atoms with Crippen LogP contribution >= 0.6 is 8.20 Å². The van der Waals surface area contributed by atoms with Gasteiger partial charge in [-0.2, -0.15) is 0 Å². The Kier molecular flexibility index (Phi) is 2.02. The Morgan fingerprint density at radius 2 is 2.33 bits per heavy atom. The molecular formula is C11H13P. The van der Waals surface area contributed by atoms with Gasteiger partial charge in [0.05, 0.1) is 0 Å². The van der Waals surface area contributed by atoms with Crippen LogP contribution in [0.5, 0.6) is 0 Å². The van der Waals surface area contributed by atoms with Gasteiger partial charge in [-0.3, -0.25) is 0 Å². The Morgan fingerprint density at radius 1 is 1.50 bits per heavy atom. The quantitative estimate of drug-likeness (QED) is 0.564. The highest BCUT2D eigenvalue weighted by Crippen LogP contribution is 2.39. The summed E-state index contributed by atoms with van der Waals surface area (Å²) in [7, 11) is 1.42. The molecule has 62 valence electrons. The van der Waals surface area contributed by atoms with Crippen molar-refractivity contribution < 1.29 is 0 Å². The second-order valence-corrected chi connectivity index (χ2v) is 4.35. The molecule has 2 aliphatic rings. The van der Waals surface area contributed by atoms with Crippen LogP contribution in [0.4, 0.5) is 0 Å². The molecule has 0 nitrogen and oxygen atoms in total. The zero-order chi connectivity index (χ0) is 8.55. The minimum absolute atomic E-state index is 0.742. The minimum atomic E-state index is 0.742. The fourth-order valence-corrected chi connectivity index (χ4v) is 2.86. The van der Waals surface area contributed by atoms with Crippen LogP contribution in [-0.4, -0.2) is 5.80 Å². The van der Waals surface area contributed by atoms with Crippen LogP contribution in [0.2, 0.25) is 0 Å². The lowest BCUT2D eigenvalue weighted by atomic mass is 10.0. The van der Waals surface area contributed by atoms with Gasteiger partial charge in [-0.15, -0.1) is 0 Å². The summed E-state index contributed by atoms with van der Waals surface area (Å²) < 4.78 is 0. The maximum absolute atomic E-state index is 2.32. The first-order chi connectivity index (χ1) is 5.83. The molecule has 1 aliphatic carbocycles. The summed E-state index contributed by atoms with van der Waals surface area (Å²) in [5.41, 5.74) is 2.93. The van der Waals surface area contributed by atoms with Crippen molar-refractivity contribution in [3.8, 4) is 0 Å². The fourth-order valence-electron chi connectivity index (χ4n) is 1.57. The molecule has 1 aliphatic heterocycles. The van der Waals surface area contributed by atoms with Crippen molar-refractivity contribution in [3.63, 3.8) is 0 Å². The van der Waals surface area contributed by atoms with Gasteiger partial charge < -0.3 is 0 Å². The van der Waals surface area contributed by atoms with Crippen molar-refractivity contribution in [1.29, 1.82) is 0 Å². The van der Waals surface area contributed by atoms with Crippen molar-refractivity contribution in [2.75, 3.05) is 0 Å². The number of fused-ring (bicyclic) bond motifs is 1. The van der Waals surface area contributed by atoms with E-state index in [0.29, 0.717) is 0 Å². The third-order valence-corrected chi connectivity index (χ3v) is 3.91. The van der Waals surface area contributed by atoms with Gasteiger partial charge in [0.1, 0.15) is 0 Å². The van der Waals surface area contributed by atoms with E-state index in [9.17, 15) is 0 Å². The molecule has 0 aromatic heterocycles. The summed E-state index contributed by atoms with van der Waals surface area (Å²) in [6.07, 6.45) is 7.85. The van der Waals surface area contributed by atoms with Crippen LogP contribution in [0.1, 0.15) is 20.3 Å². The lowest BCUT2D eigenvalue weighted by Crippen LogP contribution is -1.93. The zero-order valence-corrected chi connectivity index (χ0v) is 8.44. The van der Waals surface area contributed by atoms with E-state index < -0.39 is 0 Å². The molecule has 0 aromatic rings. The van der Waals surface area contributed by atoms with Gasteiger partial charge in [0.25, 0.3) is 0 Å². The molecule has 1 heteroatoms. The topological polar surface area (TPSA) is 0 Å². The molecule has 0 amide bonds. The molecule has 0 bridgehead atoms. The van der Waals surface area contributed by atoms with Gasteiger partial charge >= 0.3 is 0 Å². The molecule has 2 rings (SSSR count). The number of hydrogen-bond donors (Lipinski definition) is 0. The highest BCUT2D eigenvalue weighted by Gasteiger charge is 2.18. The molecule has 0 fully saturated rings. The van der Waals surface area contributed by atoms with Crippen LogP contribution in [0, 0.1) is 5.92 Å². The van der Waals surface area contributed by atoms with Crippen LogP contribution < -0.4 is 0 Å². The van der Waals surface area contributed by atoms with Crippen LogP contribution in [0.3, 0.4) is 0 Å². The van der Waals surface area contributed by atoms with E-state index in [-0.39, 0.29) is 0 Å². The molecule has 0 saturated heterocycles. The van der Waals surface area contributed by atoms with E-state index >= 15 is 0 Å². The van der Waals surface area contributed by atoms with Crippen molar-refractivity contribution in [1.82, 2.24) is 0 Å². The third-order valence-electron chi connectivity index (χ3n) is 2.55. The van der Waals surface area contributed by atoms with Gasteiger partial charge in [0.2, 0.25) is 0 Å². The standard InChI is InChI=1S/C11H13P/c1-3-8(2)11-10-6-4-5-9(10)7-12-11/h4-8H,3H2,1-2H3. The van der Waals surface area contributed by atoms with Gasteiger partial charge in [0, 0.05) is 0 Å². The second-order valence-electron chi connectivity index (χ2n) is 3.35. The average molecular weight is 176 g/mol. The third kappa shape index (κ3) is 1.11. The van der Waals surface area contributed by atoms with Crippen LogP contribution in [0.15, 0.2) is 34.7 Å². The molecule has 0 aromatic carbocycles. The first kappa shape index (κ1) is 8.01. The van der Waals surface area contributed by atoms with Gasteiger partial charge in [0.15, 0.2) is 0 Å². The van der Waals surface area contributed by atoms with Gasteiger partial charge in [-0.05, 0) is 34.6 Å². The maximum atomic E-state index is 2.32. The van der Waals surface area contributed by atoms with E-state index in [4.69, 9.17) is 0 Å². The van der Waals surface area contributed by atoms with Crippen molar-refractivity contribution in [3.05, 3.63) is 34.7 Å². The largest absolute Gasteiger partial charge is 0.0713 e. The van der Waals surface area contributed by atoms with E-state index in [1.165, 1.54) is 25.8 Å². The van der Waals surface area contributed by atoms with E-state index in [1.807, 2.05) is 0 Å². The Bertz CT molecular complexity index is 316. The first-order valence-corrected chi connectivity index (χ1v) is 5.46. The molecule has 1 heterocycles. The molecule has 0 saturated carbocycles. The smallest absolute Gasteiger partial charge is 0.00993 e. The van der Waals surface area contributed by atoms with Gasteiger partial charge in [-0.25, -0.2) is 0 Å². The maximum Gasteiger partial charge on any atom is -0.00993 e. The molecule has 12 heavy (non-hydrogen) atoms. The summed E-state index contributed by atoms with van der Waals surface area (Å²) in [6.45, 7) is 4.58. The lowest BCUT2D eigenvalue weighted by Gasteiger charge is -2.08. The number of hydrogen-bond acceptors (Lipinski definition) is 0. The molecule has 0 spiro atoms. The predicted molar refractivity (Wildman–Crippen MR) is 56.7 cm³/mol. The number of rotatable bonds is 2. The molecule has 0 radical (unpaired) electrons. The first-order valence-electron chi connectivity index (χ1n) is 4.50. The molecule has 1 unspecified atom stereocenters. The Hall–Kier alpha value is -0.610. The molecule has 0 N–H and O–H groups in total. The Labute approximate surface area is 75.5 Å². The summed E-state index contributed by atoms with van der Waals surface area (Å²) in [6, 6.07) is 0. The summed E-state index contributed by atoms with van der Waals surface area (Å²) >= 11 is 0. The Morgan fingerprint density at radius 3 is 3.08 bits per heavy atom. The lowest BCUT2D eigenvalue weighted by molar-refractivity contribution is 0.685. The highest BCUT2D eigenvalue weighted by atomic mass is 31.1. The number of allylic oxidation sites excluding steroid dienone is 6. The normalized spacial score (nSPS) is 23.0. The summed E-state index contributed by atoms with van der Waals surface area (Å²) in [5, 5.41) is 1.61. The highest BCUT2D eigenvalue weighted by molar-refractivity contribution is 7.44. The molecule has 1 atom stereocenters. The minimum Gasteiger partial charge on any atom is -0.0713 e. The van der Waals surface area contributed by atoms with Gasteiger partial charge in [-0.1, -0.05) is 40.3 Å². The average Bonchev–Trinajstić information content (AvgIpc) is 2.62. The van der Waals surface area contributed by atoms with Crippen molar-refractivity contribution >= 4 is 14.0 Å². The molecular weight excluding hydrogens is 163 g/mol. The second kappa shape index (κ2) is 3.03. The zero-order valence-electron chi connectivity index (χ0n) is 7.54. The SMILES string of the molecule is CCC(C)C1=C2C=CC=C2C=P1. The summed E-state index contributed by atoms with van der Waals surface area (Å²) in [4.78, 5) is 0.